The van der Waals surface area contributed by atoms with Gasteiger partial charge in [0.15, 0.2) is 6.61 Å². The van der Waals surface area contributed by atoms with Gasteiger partial charge in [-0.1, -0.05) is 44.4 Å². The van der Waals surface area contributed by atoms with Crippen LogP contribution in [-0.2, 0) is 14.3 Å². The van der Waals surface area contributed by atoms with E-state index in [2.05, 4.69) is 19.2 Å². The van der Waals surface area contributed by atoms with Crippen molar-refractivity contribution in [2.75, 3.05) is 13.2 Å². The number of carbonyl (C=O) groups is 2. The summed E-state index contributed by atoms with van der Waals surface area (Å²) in [6, 6.07) is 7.80. The monoisotopic (exact) mass is 347 g/mol. The average Bonchev–Trinajstić information content (AvgIpc) is 2.59. The van der Waals surface area contributed by atoms with Gasteiger partial charge >= 0.3 is 5.97 Å². The Morgan fingerprint density at radius 3 is 2.60 bits per heavy atom. The summed E-state index contributed by atoms with van der Waals surface area (Å²) < 4.78 is 10.5. The van der Waals surface area contributed by atoms with E-state index in [1.54, 1.807) is 0 Å². The van der Waals surface area contributed by atoms with Crippen LogP contribution < -0.4 is 10.1 Å². The zero-order valence-corrected chi connectivity index (χ0v) is 15.4. The summed E-state index contributed by atoms with van der Waals surface area (Å²) in [6.07, 6.45) is 3.46. The Hall–Kier alpha value is -2.04. The van der Waals surface area contributed by atoms with E-state index in [-0.39, 0.29) is 31.6 Å². The fraction of sp³-hybridized carbons (Fsp3) is 0.600. The summed E-state index contributed by atoms with van der Waals surface area (Å²) in [7, 11) is 0. The first kappa shape index (κ1) is 19.3. The van der Waals surface area contributed by atoms with Gasteiger partial charge in [-0.15, -0.1) is 0 Å². The molecule has 2 rings (SSSR count). The van der Waals surface area contributed by atoms with Crippen molar-refractivity contribution in [1.29, 1.82) is 0 Å². The Kier molecular flexibility index (Phi) is 7.29. The van der Waals surface area contributed by atoms with Crippen LogP contribution in [0.4, 0.5) is 0 Å². The van der Waals surface area contributed by atoms with Gasteiger partial charge in [-0.05, 0) is 37.3 Å². The van der Waals surface area contributed by atoms with E-state index in [1.807, 2.05) is 31.2 Å². The lowest BCUT2D eigenvalue weighted by atomic mass is 9.78. The van der Waals surface area contributed by atoms with Crippen LogP contribution in [0.3, 0.4) is 0 Å². The highest BCUT2D eigenvalue weighted by Gasteiger charge is 2.28. The number of carbonyl (C=O) groups excluding carboxylic acids is 2. The standard InChI is InChI=1S/C20H29NO4/c1-14-7-9-17(10-8-14)24-12-11-20(23)25-13-19(22)21-18-6-4-5-15(2)16(18)3/h7-10,15-16,18H,4-6,11-13H2,1-3H3,(H,21,22)/t15-,16+,18-/m0/s1. The van der Waals surface area contributed by atoms with Crippen molar-refractivity contribution in [2.24, 2.45) is 11.8 Å². The Morgan fingerprint density at radius 2 is 1.88 bits per heavy atom. The Balaban J connectivity index is 1.62. The third kappa shape index (κ3) is 6.40. The van der Waals surface area contributed by atoms with E-state index >= 15 is 0 Å². The van der Waals surface area contributed by atoms with Crippen LogP contribution in [0.25, 0.3) is 0 Å². The number of ether oxygens (including phenoxy) is 2. The number of benzene rings is 1. The molecule has 1 amide bonds. The Bertz CT molecular complexity index is 570. The number of rotatable bonds is 7. The second-order valence-corrected chi connectivity index (χ2v) is 7.01. The zero-order valence-electron chi connectivity index (χ0n) is 15.4. The SMILES string of the molecule is Cc1ccc(OCCC(=O)OCC(=O)N[C@H]2CCC[C@H](C)[C@H]2C)cc1. The van der Waals surface area contributed by atoms with Gasteiger partial charge in [0, 0.05) is 6.04 Å². The topological polar surface area (TPSA) is 64.6 Å². The normalized spacial score (nSPS) is 22.9. The molecular formula is C20H29NO4. The van der Waals surface area contributed by atoms with Gasteiger partial charge in [-0.25, -0.2) is 0 Å². The minimum absolute atomic E-state index is 0.123. The minimum Gasteiger partial charge on any atom is -0.493 e. The van der Waals surface area contributed by atoms with Crippen LogP contribution in [0.5, 0.6) is 5.75 Å². The van der Waals surface area contributed by atoms with Crippen LogP contribution in [0.15, 0.2) is 24.3 Å². The molecule has 0 saturated heterocycles. The molecule has 0 bridgehead atoms. The van der Waals surface area contributed by atoms with Crippen molar-refractivity contribution in [3.8, 4) is 5.75 Å². The minimum atomic E-state index is -0.424. The molecule has 1 saturated carbocycles. The largest absolute Gasteiger partial charge is 0.493 e. The molecular weight excluding hydrogens is 318 g/mol. The first-order valence-corrected chi connectivity index (χ1v) is 9.10. The van der Waals surface area contributed by atoms with Gasteiger partial charge in [0.1, 0.15) is 5.75 Å². The smallest absolute Gasteiger partial charge is 0.309 e. The number of esters is 1. The molecule has 1 N–H and O–H groups in total. The van der Waals surface area contributed by atoms with Crippen molar-refractivity contribution in [2.45, 2.75) is 52.5 Å². The summed E-state index contributed by atoms with van der Waals surface area (Å²) in [4.78, 5) is 23.7. The maximum absolute atomic E-state index is 12.0. The molecule has 0 unspecified atom stereocenters. The van der Waals surface area contributed by atoms with Crippen LogP contribution in [0.1, 0.15) is 45.1 Å². The number of aryl methyl sites for hydroxylation is 1. The van der Waals surface area contributed by atoms with Crippen LogP contribution in [0, 0.1) is 18.8 Å². The zero-order chi connectivity index (χ0) is 18.2. The van der Waals surface area contributed by atoms with E-state index in [9.17, 15) is 9.59 Å². The molecule has 5 heteroatoms. The van der Waals surface area contributed by atoms with E-state index in [0.717, 1.165) is 24.2 Å². The molecule has 5 nitrogen and oxygen atoms in total. The van der Waals surface area contributed by atoms with Gasteiger partial charge in [-0.2, -0.15) is 0 Å². The second kappa shape index (κ2) is 9.44. The summed E-state index contributed by atoms with van der Waals surface area (Å²) in [5.74, 6) is 1.14. The molecule has 1 aliphatic rings. The maximum atomic E-state index is 12.0. The first-order valence-electron chi connectivity index (χ1n) is 9.10. The molecule has 1 aromatic rings. The van der Waals surface area contributed by atoms with Gasteiger partial charge in [-0.3, -0.25) is 9.59 Å². The third-order valence-electron chi connectivity index (χ3n) is 5.01. The van der Waals surface area contributed by atoms with Crippen molar-refractivity contribution < 1.29 is 19.1 Å². The van der Waals surface area contributed by atoms with Crippen molar-refractivity contribution in [3.63, 3.8) is 0 Å². The molecule has 3 atom stereocenters. The second-order valence-electron chi connectivity index (χ2n) is 7.01. The summed E-state index contributed by atoms with van der Waals surface area (Å²) in [6.45, 7) is 6.41. The van der Waals surface area contributed by atoms with E-state index in [0.29, 0.717) is 11.8 Å². The number of hydrogen-bond donors (Lipinski definition) is 1. The van der Waals surface area contributed by atoms with Crippen LogP contribution in [-0.4, -0.2) is 31.1 Å². The third-order valence-corrected chi connectivity index (χ3v) is 5.01. The first-order chi connectivity index (χ1) is 12.0. The molecule has 1 aliphatic carbocycles. The van der Waals surface area contributed by atoms with Crippen LogP contribution >= 0.6 is 0 Å². The van der Waals surface area contributed by atoms with Gasteiger partial charge < -0.3 is 14.8 Å². The highest BCUT2D eigenvalue weighted by molar-refractivity contribution is 5.80. The molecule has 0 radical (unpaired) electrons. The van der Waals surface area contributed by atoms with Gasteiger partial charge in [0.2, 0.25) is 0 Å². The highest BCUT2D eigenvalue weighted by Crippen LogP contribution is 2.29. The van der Waals surface area contributed by atoms with Gasteiger partial charge in [0.25, 0.3) is 5.91 Å². The van der Waals surface area contributed by atoms with E-state index < -0.39 is 5.97 Å². The van der Waals surface area contributed by atoms with E-state index in [1.165, 1.54) is 6.42 Å². The predicted molar refractivity (Wildman–Crippen MR) is 96.4 cm³/mol. The summed E-state index contributed by atoms with van der Waals surface area (Å²) in [5.41, 5.74) is 1.15. The Labute approximate surface area is 150 Å². The lowest BCUT2D eigenvalue weighted by Crippen LogP contribution is -2.45. The lowest BCUT2D eigenvalue weighted by Gasteiger charge is -2.34. The van der Waals surface area contributed by atoms with Crippen molar-refractivity contribution >= 4 is 11.9 Å². The Morgan fingerprint density at radius 1 is 1.16 bits per heavy atom. The molecule has 0 aliphatic heterocycles. The highest BCUT2D eigenvalue weighted by atomic mass is 16.5. The fourth-order valence-corrected chi connectivity index (χ4v) is 3.14. The number of hydrogen-bond acceptors (Lipinski definition) is 4. The average molecular weight is 347 g/mol. The molecule has 1 aromatic carbocycles. The molecule has 0 heterocycles. The van der Waals surface area contributed by atoms with Crippen molar-refractivity contribution in [1.82, 2.24) is 5.32 Å². The lowest BCUT2D eigenvalue weighted by molar-refractivity contribution is -0.149. The summed E-state index contributed by atoms with van der Waals surface area (Å²) in [5, 5.41) is 2.99. The molecule has 25 heavy (non-hydrogen) atoms. The quantitative estimate of drug-likeness (QED) is 0.769. The number of amides is 1. The van der Waals surface area contributed by atoms with Crippen molar-refractivity contribution in [3.05, 3.63) is 29.8 Å². The van der Waals surface area contributed by atoms with Crippen LogP contribution in [0.2, 0.25) is 0 Å². The molecule has 0 aromatic heterocycles. The molecule has 138 valence electrons. The van der Waals surface area contributed by atoms with E-state index in [4.69, 9.17) is 9.47 Å². The number of nitrogens with one attached hydrogen (secondary N) is 1. The predicted octanol–water partition coefficient (Wildman–Crippen LogP) is 3.25. The van der Waals surface area contributed by atoms with Gasteiger partial charge in [0.05, 0.1) is 13.0 Å². The fourth-order valence-electron chi connectivity index (χ4n) is 3.14. The molecule has 0 spiro atoms. The maximum Gasteiger partial charge on any atom is 0.309 e. The molecule has 1 fully saturated rings. The summed E-state index contributed by atoms with van der Waals surface area (Å²) >= 11 is 0.